The second-order valence-corrected chi connectivity index (χ2v) is 10.6. The van der Waals surface area contributed by atoms with E-state index in [9.17, 15) is 14.4 Å². The van der Waals surface area contributed by atoms with Crippen LogP contribution in [0.1, 0.15) is 71.6 Å². The molecule has 4 rings (SSSR count). The van der Waals surface area contributed by atoms with Gasteiger partial charge in [-0.25, -0.2) is 4.79 Å². The van der Waals surface area contributed by atoms with E-state index >= 15 is 0 Å². The van der Waals surface area contributed by atoms with Crippen molar-refractivity contribution in [1.29, 1.82) is 0 Å². The Kier molecular flexibility index (Phi) is 7.10. The van der Waals surface area contributed by atoms with Gasteiger partial charge >= 0.3 is 6.03 Å². The van der Waals surface area contributed by atoms with E-state index in [1.165, 1.54) is 6.42 Å². The van der Waals surface area contributed by atoms with Crippen LogP contribution in [0.2, 0.25) is 0 Å². The average molecular weight is 449 g/mol. The van der Waals surface area contributed by atoms with Gasteiger partial charge in [-0.15, -0.1) is 0 Å². The minimum absolute atomic E-state index is 0.0578. The molecule has 4 aliphatic rings. The average Bonchev–Trinajstić information content (AvgIpc) is 3.12. The molecular formula is C24H40N4O4. The van der Waals surface area contributed by atoms with E-state index in [2.05, 4.69) is 29.4 Å². The zero-order valence-corrected chi connectivity index (χ0v) is 19.8. The van der Waals surface area contributed by atoms with Crippen LogP contribution in [0.4, 0.5) is 4.79 Å². The Morgan fingerprint density at radius 3 is 2.28 bits per heavy atom. The third-order valence-electron chi connectivity index (χ3n) is 8.26. The predicted molar refractivity (Wildman–Crippen MR) is 121 cm³/mol. The number of nitrogens with one attached hydrogen (secondary N) is 2. The van der Waals surface area contributed by atoms with Crippen molar-refractivity contribution in [3.63, 3.8) is 0 Å². The van der Waals surface area contributed by atoms with Gasteiger partial charge in [-0.05, 0) is 50.4 Å². The second kappa shape index (κ2) is 9.67. The Morgan fingerprint density at radius 2 is 1.72 bits per heavy atom. The number of carbonyl (C=O) groups excluding carboxylic acids is 3. The first-order valence-corrected chi connectivity index (χ1v) is 12.6. The Hall–Kier alpha value is -1.67. The van der Waals surface area contributed by atoms with E-state index in [4.69, 9.17) is 4.74 Å². The number of morpholine rings is 1. The number of piperidine rings is 1. The fraction of sp³-hybridized carbons (Fsp3) is 0.875. The highest BCUT2D eigenvalue weighted by atomic mass is 16.5. The lowest BCUT2D eigenvalue weighted by Crippen LogP contribution is -2.64. The molecule has 4 fully saturated rings. The van der Waals surface area contributed by atoms with Crippen LogP contribution in [0.15, 0.2) is 0 Å². The molecule has 3 saturated heterocycles. The van der Waals surface area contributed by atoms with E-state index < -0.39 is 5.54 Å². The molecular weight excluding hydrogens is 408 g/mol. The molecule has 8 heteroatoms. The van der Waals surface area contributed by atoms with Crippen LogP contribution in [-0.4, -0.2) is 78.1 Å². The van der Waals surface area contributed by atoms with Crippen molar-refractivity contribution in [3.05, 3.63) is 0 Å². The number of likely N-dealkylation sites (tertiary alicyclic amines) is 1. The summed E-state index contributed by atoms with van der Waals surface area (Å²) in [7, 11) is 0. The maximum absolute atomic E-state index is 13.9. The Labute approximate surface area is 191 Å². The highest BCUT2D eigenvalue weighted by Gasteiger charge is 2.53. The molecule has 0 radical (unpaired) electrons. The van der Waals surface area contributed by atoms with E-state index in [1.54, 1.807) is 0 Å². The SMILES string of the molecule is CC(C)CC[C@@]1(C2CCN(C(=O)C3(N4CCOCC4)CCCCC3)CC2)NC(=O)NC1=O. The summed E-state index contributed by atoms with van der Waals surface area (Å²) in [6, 6.07) is -0.384. The van der Waals surface area contributed by atoms with Crippen LogP contribution < -0.4 is 10.6 Å². The van der Waals surface area contributed by atoms with Crippen molar-refractivity contribution in [2.75, 3.05) is 39.4 Å². The van der Waals surface area contributed by atoms with Crippen LogP contribution in [0.3, 0.4) is 0 Å². The molecule has 8 nitrogen and oxygen atoms in total. The molecule has 4 amide bonds. The van der Waals surface area contributed by atoms with Gasteiger partial charge in [0.2, 0.25) is 5.91 Å². The standard InChI is InChI=1S/C24H40N4O4/c1-18(2)6-11-24(20(29)25-22(31)26-24)19-7-12-27(13-8-19)21(30)23(9-4-3-5-10-23)28-14-16-32-17-15-28/h18-19H,3-17H2,1-2H3,(H2,25,26,29,31)/t24-/m0/s1. The van der Waals surface area contributed by atoms with Crippen LogP contribution in [0.5, 0.6) is 0 Å². The van der Waals surface area contributed by atoms with E-state index in [0.717, 1.165) is 58.0 Å². The van der Waals surface area contributed by atoms with Gasteiger partial charge in [-0.3, -0.25) is 19.8 Å². The van der Waals surface area contributed by atoms with E-state index in [1.807, 2.05) is 4.90 Å². The van der Waals surface area contributed by atoms with Gasteiger partial charge < -0.3 is 15.0 Å². The third-order valence-corrected chi connectivity index (χ3v) is 8.26. The van der Waals surface area contributed by atoms with Gasteiger partial charge in [0.1, 0.15) is 11.1 Å². The lowest BCUT2D eigenvalue weighted by atomic mass is 9.73. The summed E-state index contributed by atoms with van der Waals surface area (Å²) in [6.45, 7) is 8.64. The maximum atomic E-state index is 13.9. The van der Waals surface area contributed by atoms with Gasteiger partial charge in [-0.1, -0.05) is 33.1 Å². The zero-order chi connectivity index (χ0) is 22.8. The first-order valence-electron chi connectivity index (χ1n) is 12.6. The van der Waals surface area contributed by atoms with Gasteiger partial charge in [0.25, 0.3) is 5.91 Å². The number of urea groups is 1. The highest BCUT2D eigenvalue weighted by Crippen LogP contribution is 2.39. The quantitative estimate of drug-likeness (QED) is 0.609. The number of imide groups is 1. The molecule has 0 spiro atoms. The predicted octanol–water partition coefficient (Wildman–Crippen LogP) is 2.27. The summed E-state index contributed by atoms with van der Waals surface area (Å²) < 4.78 is 5.56. The largest absolute Gasteiger partial charge is 0.379 e. The van der Waals surface area contributed by atoms with Gasteiger partial charge in [0.15, 0.2) is 0 Å². The van der Waals surface area contributed by atoms with Crippen molar-refractivity contribution in [2.24, 2.45) is 11.8 Å². The number of rotatable bonds is 6. The molecule has 3 heterocycles. The van der Waals surface area contributed by atoms with Crippen LogP contribution in [0.25, 0.3) is 0 Å². The molecule has 2 N–H and O–H groups in total. The lowest BCUT2D eigenvalue weighted by molar-refractivity contribution is -0.153. The summed E-state index contributed by atoms with van der Waals surface area (Å²) in [5.74, 6) is 0.597. The summed E-state index contributed by atoms with van der Waals surface area (Å²) in [6.07, 6.45) is 8.30. The molecule has 0 unspecified atom stereocenters. The number of hydrogen-bond acceptors (Lipinski definition) is 5. The normalized spacial score (nSPS) is 29.8. The first kappa shape index (κ1) is 23.5. The van der Waals surface area contributed by atoms with Crippen LogP contribution in [-0.2, 0) is 14.3 Å². The summed E-state index contributed by atoms with van der Waals surface area (Å²) in [5.41, 5.74) is -1.22. The maximum Gasteiger partial charge on any atom is 0.322 e. The number of ether oxygens (including phenoxy) is 1. The van der Waals surface area contributed by atoms with Gasteiger partial charge in [-0.2, -0.15) is 0 Å². The first-order chi connectivity index (χ1) is 15.4. The molecule has 1 atom stereocenters. The topological polar surface area (TPSA) is 91.0 Å². The molecule has 0 aromatic carbocycles. The van der Waals surface area contributed by atoms with Crippen molar-refractivity contribution in [2.45, 2.75) is 82.7 Å². The van der Waals surface area contributed by atoms with Crippen molar-refractivity contribution in [1.82, 2.24) is 20.4 Å². The number of hydrogen-bond donors (Lipinski definition) is 2. The third kappa shape index (κ3) is 4.40. The van der Waals surface area contributed by atoms with Crippen LogP contribution in [0, 0.1) is 11.8 Å². The minimum Gasteiger partial charge on any atom is -0.379 e. The van der Waals surface area contributed by atoms with Crippen molar-refractivity contribution in [3.8, 4) is 0 Å². The molecule has 0 aromatic rings. The molecule has 0 bridgehead atoms. The molecule has 0 aromatic heterocycles. The zero-order valence-electron chi connectivity index (χ0n) is 19.8. The van der Waals surface area contributed by atoms with Crippen molar-refractivity contribution < 1.29 is 19.1 Å². The molecule has 1 aliphatic carbocycles. The molecule has 1 saturated carbocycles. The second-order valence-electron chi connectivity index (χ2n) is 10.6. The highest BCUT2D eigenvalue weighted by molar-refractivity contribution is 6.07. The smallest absolute Gasteiger partial charge is 0.322 e. The summed E-state index contributed by atoms with van der Waals surface area (Å²) in [4.78, 5) is 43.2. The fourth-order valence-electron chi connectivity index (χ4n) is 6.35. The number of amides is 4. The van der Waals surface area contributed by atoms with Gasteiger partial charge in [0.05, 0.1) is 13.2 Å². The summed E-state index contributed by atoms with van der Waals surface area (Å²) >= 11 is 0. The Balaban J connectivity index is 1.46. The number of carbonyl (C=O) groups is 3. The molecule has 180 valence electrons. The number of nitrogens with zero attached hydrogens (tertiary/aromatic N) is 2. The Bertz CT molecular complexity index is 707. The Morgan fingerprint density at radius 1 is 1.06 bits per heavy atom. The molecule has 3 aliphatic heterocycles. The fourth-order valence-corrected chi connectivity index (χ4v) is 6.35. The van der Waals surface area contributed by atoms with E-state index in [-0.39, 0.29) is 29.3 Å². The lowest BCUT2D eigenvalue weighted by Gasteiger charge is -2.50. The monoisotopic (exact) mass is 448 g/mol. The van der Waals surface area contributed by atoms with E-state index in [0.29, 0.717) is 38.6 Å². The van der Waals surface area contributed by atoms with Crippen LogP contribution >= 0.6 is 0 Å². The minimum atomic E-state index is -0.830. The van der Waals surface area contributed by atoms with Gasteiger partial charge in [0, 0.05) is 26.2 Å². The van der Waals surface area contributed by atoms with Crippen molar-refractivity contribution >= 4 is 17.8 Å². The summed E-state index contributed by atoms with van der Waals surface area (Å²) in [5, 5.41) is 5.46. The molecule has 32 heavy (non-hydrogen) atoms.